The van der Waals surface area contributed by atoms with E-state index in [-0.39, 0.29) is 11.8 Å². The van der Waals surface area contributed by atoms with Crippen molar-refractivity contribution in [1.29, 1.82) is 0 Å². The molecule has 5 heteroatoms. The van der Waals surface area contributed by atoms with E-state index >= 15 is 0 Å². The predicted octanol–water partition coefficient (Wildman–Crippen LogP) is 1.89. The Morgan fingerprint density at radius 3 is 2.70 bits per heavy atom. The molecule has 0 aliphatic rings. The normalized spacial score (nSPS) is 11.8. The van der Waals surface area contributed by atoms with Crippen LogP contribution in [0.25, 0.3) is 0 Å². The molecule has 1 rings (SSSR count). The van der Waals surface area contributed by atoms with E-state index in [1.54, 1.807) is 24.3 Å². The van der Waals surface area contributed by atoms with Crippen molar-refractivity contribution in [3.8, 4) is 0 Å². The molecule has 2 amide bonds. The Bertz CT molecular complexity index is 460. The van der Waals surface area contributed by atoms with E-state index in [1.165, 1.54) is 0 Å². The van der Waals surface area contributed by atoms with E-state index in [4.69, 9.17) is 5.73 Å². The van der Waals surface area contributed by atoms with Crippen molar-refractivity contribution in [2.45, 2.75) is 39.2 Å². The molecule has 0 spiro atoms. The number of anilines is 1. The molecule has 0 heterocycles. The number of nitrogens with one attached hydrogen (secondary N) is 2. The molecule has 0 saturated heterocycles. The summed E-state index contributed by atoms with van der Waals surface area (Å²) in [6, 6.07) is 6.32. The summed E-state index contributed by atoms with van der Waals surface area (Å²) in [5, 5.41) is 5.46. The van der Waals surface area contributed by atoms with Crippen molar-refractivity contribution in [3.05, 3.63) is 29.8 Å². The number of unbranched alkanes of at least 4 members (excludes halogenated alkanes) is 1. The fraction of sp³-hybridized carbons (Fsp3) is 0.467. The van der Waals surface area contributed by atoms with Crippen molar-refractivity contribution < 1.29 is 9.59 Å². The van der Waals surface area contributed by atoms with E-state index < -0.39 is 6.04 Å². The maximum Gasteiger partial charge on any atom is 0.251 e. The third kappa shape index (κ3) is 5.01. The average molecular weight is 277 g/mol. The zero-order chi connectivity index (χ0) is 15.0. The van der Waals surface area contributed by atoms with Crippen LogP contribution < -0.4 is 16.4 Å². The first-order chi connectivity index (χ1) is 9.58. The highest BCUT2D eigenvalue weighted by molar-refractivity contribution is 5.98. The molecule has 4 N–H and O–H groups in total. The third-order valence-corrected chi connectivity index (χ3v) is 2.94. The first-order valence-electron chi connectivity index (χ1n) is 7.03. The highest BCUT2D eigenvalue weighted by Crippen LogP contribution is 2.11. The number of hydrogen-bond acceptors (Lipinski definition) is 3. The fourth-order valence-corrected chi connectivity index (χ4v) is 1.79. The second-order valence-electron chi connectivity index (χ2n) is 4.68. The van der Waals surface area contributed by atoms with Gasteiger partial charge in [-0.3, -0.25) is 9.59 Å². The lowest BCUT2D eigenvalue weighted by Gasteiger charge is -2.12. The van der Waals surface area contributed by atoms with Crippen molar-refractivity contribution in [3.63, 3.8) is 0 Å². The molecule has 1 atom stereocenters. The van der Waals surface area contributed by atoms with Crippen LogP contribution in [0.15, 0.2) is 24.3 Å². The molecular formula is C15H23N3O2. The van der Waals surface area contributed by atoms with Crippen LogP contribution in [0.5, 0.6) is 0 Å². The fourth-order valence-electron chi connectivity index (χ4n) is 1.79. The molecule has 1 unspecified atom stereocenters. The van der Waals surface area contributed by atoms with Crippen molar-refractivity contribution in [2.24, 2.45) is 5.73 Å². The number of nitrogens with two attached hydrogens (primary N) is 1. The standard InChI is InChI=1S/C15H23N3O2/c1-3-5-9-13(16)15(20)18-12-8-6-7-11(10-12)14(19)17-4-2/h6-8,10,13H,3-5,9,16H2,1-2H3,(H,17,19)(H,18,20). The number of hydrogen-bond donors (Lipinski definition) is 3. The van der Waals surface area contributed by atoms with Gasteiger partial charge in [-0.25, -0.2) is 0 Å². The molecule has 0 saturated carbocycles. The number of amides is 2. The first-order valence-corrected chi connectivity index (χ1v) is 7.03. The highest BCUT2D eigenvalue weighted by atomic mass is 16.2. The van der Waals surface area contributed by atoms with E-state index in [9.17, 15) is 9.59 Å². The summed E-state index contributed by atoms with van der Waals surface area (Å²) >= 11 is 0. The maximum absolute atomic E-state index is 11.9. The number of carbonyl (C=O) groups excluding carboxylic acids is 2. The van der Waals surface area contributed by atoms with Gasteiger partial charge in [0.1, 0.15) is 0 Å². The SMILES string of the molecule is CCCCC(N)C(=O)Nc1cccc(C(=O)NCC)c1. The van der Waals surface area contributed by atoms with E-state index in [1.807, 2.05) is 6.92 Å². The Morgan fingerprint density at radius 1 is 1.30 bits per heavy atom. The molecule has 0 radical (unpaired) electrons. The van der Waals surface area contributed by atoms with Gasteiger partial charge in [0, 0.05) is 17.8 Å². The van der Waals surface area contributed by atoms with Crippen molar-refractivity contribution >= 4 is 17.5 Å². The zero-order valence-corrected chi connectivity index (χ0v) is 12.1. The van der Waals surface area contributed by atoms with Crippen LogP contribution in [0, 0.1) is 0 Å². The second kappa shape index (κ2) is 8.32. The predicted molar refractivity (Wildman–Crippen MR) is 80.6 cm³/mol. The Hall–Kier alpha value is -1.88. The van der Waals surface area contributed by atoms with Crippen LogP contribution in [0.1, 0.15) is 43.5 Å². The molecule has 0 bridgehead atoms. The smallest absolute Gasteiger partial charge is 0.251 e. The van der Waals surface area contributed by atoms with Gasteiger partial charge in [-0.1, -0.05) is 25.8 Å². The second-order valence-corrected chi connectivity index (χ2v) is 4.68. The maximum atomic E-state index is 11.9. The molecule has 0 aliphatic carbocycles. The summed E-state index contributed by atoms with van der Waals surface area (Å²) < 4.78 is 0. The molecule has 20 heavy (non-hydrogen) atoms. The molecule has 110 valence electrons. The largest absolute Gasteiger partial charge is 0.352 e. The number of carbonyl (C=O) groups is 2. The summed E-state index contributed by atoms with van der Waals surface area (Å²) in [6.07, 6.45) is 2.60. The van der Waals surface area contributed by atoms with Crippen LogP contribution in [-0.2, 0) is 4.79 Å². The monoisotopic (exact) mass is 277 g/mol. The Balaban J connectivity index is 2.66. The minimum absolute atomic E-state index is 0.154. The van der Waals surface area contributed by atoms with Gasteiger partial charge in [0.15, 0.2) is 0 Å². The Labute approximate surface area is 119 Å². The Kier molecular flexibility index (Phi) is 6.73. The van der Waals surface area contributed by atoms with Crippen LogP contribution in [-0.4, -0.2) is 24.4 Å². The summed E-state index contributed by atoms with van der Waals surface area (Å²) in [6.45, 7) is 4.48. The number of rotatable bonds is 7. The van der Waals surface area contributed by atoms with Gasteiger partial charge in [-0.2, -0.15) is 0 Å². The van der Waals surface area contributed by atoms with E-state index in [0.29, 0.717) is 24.2 Å². The zero-order valence-electron chi connectivity index (χ0n) is 12.1. The highest BCUT2D eigenvalue weighted by Gasteiger charge is 2.13. The lowest BCUT2D eigenvalue weighted by Crippen LogP contribution is -2.35. The van der Waals surface area contributed by atoms with Gasteiger partial charge in [0.2, 0.25) is 5.91 Å². The average Bonchev–Trinajstić information content (AvgIpc) is 2.45. The Morgan fingerprint density at radius 2 is 2.05 bits per heavy atom. The minimum atomic E-state index is -0.511. The van der Waals surface area contributed by atoms with Crippen LogP contribution in [0.3, 0.4) is 0 Å². The van der Waals surface area contributed by atoms with Gasteiger partial charge in [0.25, 0.3) is 5.91 Å². The van der Waals surface area contributed by atoms with Gasteiger partial charge < -0.3 is 16.4 Å². The topological polar surface area (TPSA) is 84.2 Å². The third-order valence-electron chi connectivity index (χ3n) is 2.94. The molecule has 5 nitrogen and oxygen atoms in total. The quantitative estimate of drug-likeness (QED) is 0.711. The lowest BCUT2D eigenvalue weighted by atomic mass is 10.1. The summed E-state index contributed by atoms with van der Waals surface area (Å²) in [4.78, 5) is 23.6. The molecule has 1 aromatic rings. The molecule has 0 aliphatic heterocycles. The van der Waals surface area contributed by atoms with E-state index in [2.05, 4.69) is 17.6 Å². The first kappa shape index (κ1) is 16.2. The van der Waals surface area contributed by atoms with Crippen LogP contribution in [0.2, 0.25) is 0 Å². The minimum Gasteiger partial charge on any atom is -0.352 e. The molecule has 1 aromatic carbocycles. The molecule has 0 aromatic heterocycles. The molecule has 0 fully saturated rings. The van der Waals surface area contributed by atoms with Gasteiger partial charge >= 0.3 is 0 Å². The summed E-state index contributed by atoms with van der Waals surface area (Å²) in [7, 11) is 0. The molecular weight excluding hydrogens is 254 g/mol. The van der Waals surface area contributed by atoms with Gasteiger partial charge in [-0.05, 0) is 31.5 Å². The van der Waals surface area contributed by atoms with Gasteiger partial charge in [-0.15, -0.1) is 0 Å². The lowest BCUT2D eigenvalue weighted by molar-refractivity contribution is -0.117. The van der Waals surface area contributed by atoms with Gasteiger partial charge in [0.05, 0.1) is 6.04 Å². The van der Waals surface area contributed by atoms with Crippen LogP contribution in [0.4, 0.5) is 5.69 Å². The number of benzene rings is 1. The van der Waals surface area contributed by atoms with Crippen molar-refractivity contribution in [2.75, 3.05) is 11.9 Å². The van der Waals surface area contributed by atoms with E-state index in [0.717, 1.165) is 12.8 Å². The van der Waals surface area contributed by atoms with Crippen LogP contribution >= 0.6 is 0 Å². The summed E-state index contributed by atoms with van der Waals surface area (Å²) in [5.41, 5.74) is 6.91. The van der Waals surface area contributed by atoms with Crippen molar-refractivity contribution in [1.82, 2.24) is 5.32 Å². The summed E-state index contributed by atoms with van der Waals surface area (Å²) in [5.74, 6) is -0.370.